The van der Waals surface area contributed by atoms with Crippen molar-refractivity contribution >= 4 is 33.9 Å². The summed E-state index contributed by atoms with van der Waals surface area (Å²) in [5.41, 5.74) is 3.75. The second-order valence-electron chi connectivity index (χ2n) is 7.08. The maximum atomic E-state index is 13.1. The number of carbonyl (C=O) groups is 1. The molecule has 4 rings (SSSR count). The molecule has 1 amide bonds. The van der Waals surface area contributed by atoms with E-state index in [1.165, 1.54) is 16.2 Å². The van der Waals surface area contributed by atoms with E-state index >= 15 is 0 Å². The van der Waals surface area contributed by atoms with Crippen molar-refractivity contribution < 1.29 is 4.79 Å². The summed E-state index contributed by atoms with van der Waals surface area (Å²) in [6.07, 6.45) is 0. The summed E-state index contributed by atoms with van der Waals surface area (Å²) >= 11 is 1.28. The number of benzene rings is 2. The molecule has 0 saturated carbocycles. The quantitative estimate of drug-likeness (QED) is 0.528. The van der Waals surface area contributed by atoms with Crippen LogP contribution in [-0.2, 0) is 11.3 Å². The Hall–Kier alpha value is -3.39. The van der Waals surface area contributed by atoms with Gasteiger partial charge in [-0.2, -0.15) is 5.10 Å². The summed E-state index contributed by atoms with van der Waals surface area (Å²) in [5.74, 6) is -0.733. The first-order valence-electron chi connectivity index (χ1n) is 9.68. The van der Waals surface area contributed by atoms with Gasteiger partial charge in [0.25, 0.3) is 5.56 Å². The predicted octanol–water partition coefficient (Wildman–Crippen LogP) is 3.99. The number of aromatic nitrogens is 4. The minimum Gasteiger partial charge on any atom is -0.325 e. The lowest BCUT2D eigenvalue weighted by atomic mass is 10.00. The van der Waals surface area contributed by atoms with Crippen molar-refractivity contribution in [2.24, 2.45) is 0 Å². The third-order valence-corrected chi connectivity index (χ3v) is 5.66. The van der Waals surface area contributed by atoms with Crippen LogP contribution >= 0.6 is 11.5 Å². The molecule has 2 aromatic heterocycles. The Labute approximate surface area is 177 Å². The predicted molar refractivity (Wildman–Crippen MR) is 119 cm³/mol. The fourth-order valence-corrected chi connectivity index (χ4v) is 3.83. The van der Waals surface area contributed by atoms with Gasteiger partial charge in [0, 0.05) is 28.6 Å². The lowest BCUT2D eigenvalue weighted by Crippen LogP contribution is -2.27. The number of carbonyl (C=O) groups excluding carboxylic acids is 1. The van der Waals surface area contributed by atoms with Crippen LogP contribution in [0.4, 0.5) is 5.69 Å². The zero-order valence-electron chi connectivity index (χ0n) is 16.9. The number of amides is 1. The van der Waals surface area contributed by atoms with E-state index in [-0.39, 0.29) is 11.5 Å². The van der Waals surface area contributed by atoms with Gasteiger partial charge in [-0.25, -0.2) is 4.68 Å². The van der Waals surface area contributed by atoms with Gasteiger partial charge in [-0.1, -0.05) is 34.8 Å². The normalized spacial score (nSPS) is 12.1. The first-order valence-corrected chi connectivity index (χ1v) is 10.5. The second-order valence-corrected chi connectivity index (χ2v) is 7.69. The fourth-order valence-electron chi connectivity index (χ4n) is 3.37. The number of fused-ring (bicyclic) bond motifs is 1. The van der Waals surface area contributed by atoms with Gasteiger partial charge in [-0.15, -0.1) is 5.10 Å². The van der Waals surface area contributed by atoms with Crippen molar-refractivity contribution in [1.29, 1.82) is 0 Å². The van der Waals surface area contributed by atoms with Crippen LogP contribution in [0.2, 0.25) is 0 Å². The average molecular weight is 420 g/mol. The minimum absolute atomic E-state index is 0.148. The van der Waals surface area contributed by atoms with Crippen LogP contribution in [0, 0.1) is 6.92 Å². The van der Waals surface area contributed by atoms with E-state index in [0.717, 1.165) is 16.8 Å². The number of nitrogens with zero attached hydrogens (tertiary/aromatic N) is 4. The van der Waals surface area contributed by atoms with Crippen molar-refractivity contribution in [3.8, 4) is 11.3 Å². The molecule has 0 aliphatic heterocycles. The van der Waals surface area contributed by atoms with Gasteiger partial charge in [0.2, 0.25) is 5.91 Å². The Morgan fingerprint density at radius 2 is 1.97 bits per heavy atom. The molecule has 0 radical (unpaired) electrons. The molecular weight excluding hydrogens is 398 g/mol. The van der Waals surface area contributed by atoms with Gasteiger partial charge in [-0.05, 0) is 50.0 Å². The minimum atomic E-state index is -0.544. The molecule has 4 aromatic rings. The highest BCUT2D eigenvalue weighted by Crippen LogP contribution is 2.27. The van der Waals surface area contributed by atoms with Crippen molar-refractivity contribution in [1.82, 2.24) is 19.4 Å². The maximum Gasteiger partial charge on any atom is 0.274 e. The van der Waals surface area contributed by atoms with Crippen LogP contribution in [-0.4, -0.2) is 25.3 Å². The van der Waals surface area contributed by atoms with Gasteiger partial charge in [0.1, 0.15) is 5.69 Å². The van der Waals surface area contributed by atoms with E-state index in [2.05, 4.69) is 20.0 Å². The summed E-state index contributed by atoms with van der Waals surface area (Å²) in [6, 6.07) is 13.1. The number of hydrogen-bond acceptors (Lipinski definition) is 6. The van der Waals surface area contributed by atoms with Crippen LogP contribution in [0.25, 0.3) is 22.0 Å². The highest BCUT2D eigenvalue weighted by molar-refractivity contribution is 7.03. The van der Waals surface area contributed by atoms with Crippen LogP contribution in [0.3, 0.4) is 0 Å². The molecule has 0 aliphatic rings. The van der Waals surface area contributed by atoms with Crippen molar-refractivity contribution in [2.45, 2.75) is 33.2 Å². The molecule has 1 atom stereocenters. The molecule has 0 aliphatic carbocycles. The van der Waals surface area contributed by atoms with Crippen LogP contribution < -0.4 is 10.9 Å². The van der Waals surface area contributed by atoms with Gasteiger partial charge < -0.3 is 5.32 Å². The molecule has 2 aromatic carbocycles. The highest BCUT2D eigenvalue weighted by Gasteiger charge is 2.22. The Kier molecular flexibility index (Phi) is 5.41. The zero-order valence-corrected chi connectivity index (χ0v) is 17.7. The molecule has 8 heteroatoms. The molecule has 0 fully saturated rings. The smallest absolute Gasteiger partial charge is 0.274 e. The van der Waals surface area contributed by atoms with Crippen molar-refractivity contribution in [3.05, 3.63) is 69.5 Å². The number of anilines is 1. The van der Waals surface area contributed by atoms with Gasteiger partial charge >= 0.3 is 0 Å². The van der Waals surface area contributed by atoms with Crippen molar-refractivity contribution in [2.75, 3.05) is 5.32 Å². The Morgan fingerprint density at radius 1 is 1.20 bits per heavy atom. The first-order chi connectivity index (χ1) is 14.5. The van der Waals surface area contributed by atoms with E-state index in [9.17, 15) is 9.59 Å². The molecule has 0 unspecified atom stereocenters. The lowest BCUT2D eigenvalue weighted by molar-refractivity contribution is -0.117. The number of nitrogens with one attached hydrogen (secondary N) is 1. The molecule has 0 spiro atoms. The maximum absolute atomic E-state index is 13.1. The molecule has 2 heterocycles. The monoisotopic (exact) mass is 419 g/mol. The number of hydrogen-bond donors (Lipinski definition) is 1. The fraction of sp³-hybridized carbons (Fsp3) is 0.227. The molecular formula is C22H21N5O2S. The molecule has 30 heavy (non-hydrogen) atoms. The number of rotatable bonds is 5. The molecule has 0 saturated heterocycles. The first kappa shape index (κ1) is 19.9. The Balaban J connectivity index is 1.69. The Morgan fingerprint density at radius 3 is 2.67 bits per heavy atom. The summed E-state index contributed by atoms with van der Waals surface area (Å²) < 4.78 is 5.31. The summed E-state index contributed by atoms with van der Waals surface area (Å²) in [5, 5.41) is 14.7. The average Bonchev–Trinajstić information content (AvgIpc) is 3.30. The highest BCUT2D eigenvalue weighted by atomic mass is 32.1. The molecule has 0 bridgehead atoms. The van der Waals surface area contributed by atoms with E-state index in [1.807, 2.05) is 55.6 Å². The van der Waals surface area contributed by atoms with E-state index in [0.29, 0.717) is 28.7 Å². The summed E-state index contributed by atoms with van der Waals surface area (Å²) in [7, 11) is 0. The standard InChI is InChI=1S/C22H21N5O2S/c1-4-27-22(29)17-8-6-5-7-16(17)20(25-27)14(3)21(28)23-18-11-15(10-9-13(18)2)19-12-30-26-24-19/h5-12,14H,4H2,1-3H3,(H,23,28)/t14-/m0/s1. The van der Waals surface area contributed by atoms with E-state index in [4.69, 9.17) is 0 Å². The zero-order chi connectivity index (χ0) is 21.3. The van der Waals surface area contributed by atoms with Crippen LogP contribution in [0.15, 0.2) is 52.6 Å². The van der Waals surface area contributed by atoms with Gasteiger partial charge in [0.15, 0.2) is 0 Å². The van der Waals surface area contributed by atoms with Gasteiger partial charge in [-0.3, -0.25) is 9.59 Å². The van der Waals surface area contributed by atoms with E-state index < -0.39 is 5.92 Å². The number of aryl methyl sites for hydroxylation is 2. The summed E-state index contributed by atoms with van der Waals surface area (Å²) in [4.78, 5) is 25.7. The molecule has 152 valence electrons. The summed E-state index contributed by atoms with van der Waals surface area (Å²) in [6.45, 7) is 6.04. The molecule has 7 nitrogen and oxygen atoms in total. The van der Waals surface area contributed by atoms with Crippen molar-refractivity contribution in [3.63, 3.8) is 0 Å². The van der Waals surface area contributed by atoms with E-state index in [1.54, 1.807) is 13.0 Å². The lowest BCUT2D eigenvalue weighted by Gasteiger charge is -2.17. The third-order valence-electron chi connectivity index (χ3n) is 5.15. The Bertz CT molecular complexity index is 1280. The largest absolute Gasteiger partial charge is 0.325 e. The SMILES string of the molecule is CCn1nc([C@H](C)C(=O)Nc2cc(-c3csnn3)ccc2C)c2ccccc2c1=O. The second kappa shape index (κ2) is 8.16. The van der Waals surface area contributed by atoms with Gasteiger partial charge in [0.05, 0.1) is 17.0 Å². The molecule has 1 N–H and O–H groups in total. The van der Waals surface area contributed by atoms with Crippen LogP contribution in [0.1, 0.15) is 31.0 Å². The third kappa shape index (κ3) is 3.61. The van der Waals surface area contributed by atoms with Crippen LogP contribution in [0.5, 0.6) is 0 Å². The topological polar surface area (TPSA) is 89.8 Å².